The van der Waals surface area contributed by atoms with E-state index < -0.39 is 0 Å². The van der Waals surface area contributed by atoms with Gasteiger partial charge in [-0.1, -0.05) is 12.8 Å². The van der Waals surface area contributed by atoms with Gasteiger partial charge in [0.25, 0.3) is 0 Å². The fourth-order valence-electron chi connectivity index (χ4n) is 3.33. The van der Waals surface area contributed by atoms with Gasteiger partial charge < -0.3 is 15.2 Å². The molecular weight excluding hydrogens is 228 g/mol. The third-order valence-electron chi connectivity index (χ3n) is 4.51. The maximum atomic E-state index is 10.1. The lowest BCUT2D eigenvalue weighted by Crippen LogP contribution is -2.55. The second-order valence-corrected chi connectivity index (χ2v) is 6.09. The SMILES string of the molecule is OC(CNC1CC1)CN1CCOC2CCCCC21. The van der Waals surface area contributed by atoms with Crippen molar-refractivity contribution in [2.45, 2.75) is 62.8 Å². The first-order valence-corrected chi connectivity index (χ1v) is 7.60. The quantitative estimate of drug-likeness (QED) is 0.760. The summed E-state index contributed by atoms with van der Waals surface area (Å²) in [4.78, 5) is 2.46. The van der Waals surface area contributed by atoms with Crippen molar-refractivity contribution in [2.24, 2.45) is 0 Å². The molecule has 0 amide bonds. The van der Waals surface area contributed by atoms with E-state index in [4.69, 9.17) is 4.74 Å². The highest BCUT2D eigenvalue weighted by atomic mass is 16.5. The van der Waals surface area contributed by atoms with Gasteiger partial charge in [-0.05, 0) is 25.7 Å². The van der Waals surface area contributed by atoms with Crippen LogP contribution >= 0.6 is 0 Å². The predicted octanol–water partition coefficient (Wildman–Crippen LogP) is 0.743. The van der Waals surface area contributed by atoms with Gasteiger partial charge in [0.05, 0.1) is 18.8 Å². The molecule has 2 N–H and O–H groups in total. The molecule has 3 unspecified atom stereocenters. The Morgan fingerprint density at radius 3 is 2.89 bits per heavy atom. The average molecular weight is 254 g/mol. The van der Waals surface area contributed by atoms with E-state index in [0.29, 0.717) is 18.2 Å². The molecule has 0 aromatic carbocycles. The second-order valence-electron chi connectivity index (χ2n) is 6.09. The van der Waals surface area contributed by atoms with E-state index in [1.165, 1.54) is 38.5 Å². The molecule has 0 bridgehead atoms. The Morgan fingerprint density at radius 1 is 1.22 bits per heavy atom. The number of β-amino-alcohol motifs (C(OH)–C–C–N with tert-alkyl or cyclic N) is 1. The van der Waals surface area contributed by atoms with E-state index in [1.54, 1.807) is 0 Å². The summed E-state index contributed by atoms with van der Waals surface area (Å²) < 4.78 is 5.86. The fourth-order valence-corrected chi connectivity index (χ4v) is 3.33. The first-order chi connectivity index (χ1) is 8.83. The van der Waals surface area contributed by atoms with Crippen LogP contribution in [0.25, 0.3) is 0 Å². The van der Waals surface area contributed by atoms with Crippen molar-refractivity contribution in [3.8, 4) is 0 Å². The summed E-state index contributed by atoms with van der Waals surface area (Å²) in [5.74, 6) is 0. The molecule has 3 aliphatic rings. The molecule has 0 aromatic heterocycles. The first-order valence-electron chi connectivity index (χ1n) is 7.60. The average Bonchev–Trinajstić information content (AvgIpc) is 3.21. The van der Waals surface area contributed by atoms with Gasteiger partial charge in [-0.3, -0.25) is 4.90 Å². The van der Waals surface area contributed by atoms with Gasteiger partial charge in [-0.15, -0.1) is 0 Å². The van der Waals surface area contributed by atoms with E-state index >= 15 is 0 Å². The lowest BCUT2D eigenvalue weighted by atomic mass is 9.90. The van der Waals surface area contributed by atoms with Gasteiger partial charge in [0.2, 0.25) is 0 Å². The number of morpholine rings is 1. The second kappa shape index (κ2) is 5.87. The van der Waals surface area contributed by atoms with Gasteiger partial charge in [0, 0.05) is 31.7 Å². The van der Waals surface area contributed by atoms with E-state index in [1.807, 2.05) is 0 Å². The monoisotopic (exact) mass is 254 g/mol. The standard InChI is InChI=1S/C14H26N2O2/c17-12(9-15-11-5-6-11)10-16-7-8-18-14-4-2-1-3-13(14)16/h11-15,17H,1-10H2. The van der Waals surface area contributed by atoms with Crippen molar-refractivity contribution in [3.63, 3.8) is 0 Å². The number of aliphatic hydroxyl groups is 1. The van der Waals surface area contributed by atoms with Crippen LogP contribution in [0.15, 0.2) is 0 Å². The zero-order valence-corrected chi connectivity index (χ0v) is 11.2. The molecule has 2 saturated carbocycles. The van der Waals surface area contributed by atoms with Crippen molar-refractivity contribution in [2.75, 3.05) is 26.2 Å². The number of hydrogen-bond donors (Lipinski definition) is 2. The molecule has 0 spiro atoms. The largest absolute Gasteiger partial charge is 0.390 e. The molecular formula is C14H26N2O2. The number of nitrogens with zero attached hydrogens (tertiary/aromatic N) is 1. The molecule has 18 heavy (non-hydrogen) atoms. The molecule has 3 fully saturated rings. The van der Waals surface area contributed by atoms with Crippen LogP contribution in [0.5, 0.6) is 0 Å². The van der Waals surface area contributed by atoms with Gasteiger partial charge >= 0.3 is 0 Å². The van der Waals surface area contributed by atoms with Gasteiger partial charge in [0.1, 0.15) is 0 Å². The number of aliphatic hydroxyl groups excluding tert-OH is 1. The third-order valence-corrected chi connectivity index (χ3v) is 4.51. The summed E-state index contributed by atoms with van der Waals surface area (Å²) in [6, 6.07) is 1.25. The normalized spacial score (nSPS) is 35.2. The summed E-state index contributed by atoms with van der Waals surface area (Å²) in [6.45, 7) is 3.38. The van der Waals surface area contributed by atoms with Crippen molar-refractivity contribution in [1.82, 2.24) is 10.2 Å². The van der Waals surface area contributed by atoms with Gasteiger partial charge in [0.15, 0.2) is 0 Å². The van der Waals surface area contributed by atoms with Crippen LogP contribution in [0.4, 0.5) is 0 Å². The lowest BCUT2D eigenvalue weighted by Gasteiger charge is -2.44. The van der Waals surface area contributed by atoms with Crippen molar-refractivity contribution in [3.05, 3.63) is 0 Å². The summed E-state index contributed by atoms with van der Waals surface area (Å²) in [7, 11) is 0. The Balaban J connectivity index is 1.47. The van der Waals surface area contributed by atoms with Crippen LogP contribution in [0, 0.1) is 0 Å². The third kappa shape index (κ3) is 3.23. The minimum absolute atomic E-state index is 0.230. The molecule has 0 radical (unpaired) electrons. The molecule has 0 aromatic rings. The number of ether oxygens (including phenoxy) is 1. The highest BCUT2D eigenvalue weighted by molar-refractivity contribution is 4.89. The molecule has 1 aliphatic heterocycles. The van der Waals surface area contributed by atoms with Crippen LogP contribution in [-0.2, 0) is 4.74 Å². The lowest BCUT2D eigenvalue weighted by molar-refractivity contribution is -0.0969. The van der Waals surface area contributed by atoms with E-state index in [0.717, 1.165) is 26.2 Å². The number of nitrogens with one attached hydrogen (secondary N) is 1. The van der Waals surface area contributed by atoms with Gasteiger partial charge in [-0.25, -0.2) is 0 Å². The van der Waals surface area contributed by atoms with Crippen LogP contribution in [-0.4, -0.2) is 60.5 Å². The smallest absolute Gasteiger partial charge is 0.0791 e. The molecule has 104 valence electrons. The van der Waals surface area contributed by atoms with E-state index in [9.17, 15) is 5.11 Å². The number of hydrogen-bond acceptors (Lipinski definition) is 4. The Kier molecular flexibility index (Phi) is 4.19. The zero-order chi connectivity index (χ0) is 12.4. The highest BCUT2D eigenvalue weighted by Crippen LogP contribution is 2.28. The fraction of sp³-hybridized carbons (Fsp3) is 1.00. The molecule has 4 nitrogen and oxygen atoms in total. The van der Waals surface area contributed by atoms with E-state index in [2.05, 4.69) is 10.2 Å². The molecule has 1 saturated heterocycles. The summed E-state index contributed by atoms with van der Waals surface area (Å²) >= 11 is 0. The predicted molar refractivity (Wildman–Crippen MR) is 70.6 cm³/mol. The number of fused-ring (bicyclic) bond motifs is 1. The topological polar surface area (TPSA) is 44.7 Å². The van der Waals surface area contributed by atoms with Crippen molar-refractivity contribution >= 4 is 0 Å². The molecule has 4 heteroatoms. The van der Waals surface area contributed by atoms with E-state index in [-0.39, 0.29) is 6.10 Å². The first kappa shape index (κ1) is 12.9. The molecule has 3 atom stereocenters. The highest BCUT2D eigenvalue weighted by Gasteiger charge is 2.34. The van der Waals surface area contributed by atoms with Crippen LogP contribution < -0.4 is 5.32 Å². The molecule has 2 aliphatic carbocycles. The summed E-state index contributed by atoms with van der Waals surface area (Å²) in [5.41, 5.74) is 0. The zero-order valence-electron chi connectivity index (χ0n) is 11.2. The maximum absolute atomic E-state index is 10.1. The minimum Gasteiger partial charge on any atom is -0.390 e. The van der Waals surface area contributed by atoms with Gasteiger partial charge in [-0.2, -0.15) is 0 Å². The summed E-state index contributed by atoms with van der Waals surface area (Å²) in [6.07, 6.45) is 7.84. The Hall–Kier alpha value is -0.160. The minimum atomic E-state index is -0.230. The molecule has 3 rings (SSSR count). The molecule has 1 heterocycles. The van der Waals surface area contributed by atoms with Crippen molar-refractivity contribution in [1.29, 1.82) is 0 Å². The Labute approximate surface area is 110 Å². The Bertz CT molecular complexity index is 269. The van der Waals surface area contributed by atoms with Crippen LogP contribution in [0.1, 0.15) is 38.5 Å². The summed E-state index contributed by atoms with van der Waals surface area (Å²) in [5, 5.41) is 13.5. The van der Waals surface area contributed by atoms with Crippen LogP contribution in [0.2, 0.25) is 0 Å². The number of rotatable bonds is 5. The maximum Gasteiger partial charge on any atom is 0.0791 e. The van der Waals surface area contributed by atoms with Crippen molar-refractivity contribution < 1.29 is 9.84 Å². The van der Waals surface area contributed by atoms with Crippen LogP contribution in [0.3, 0.4) is 0 Å². The Morgan fingerprint density at radius 2 is 2.06 bits per heavy atom.